The van der Waals surface area contributed by atoms with Gasteiger partial charge in [-0.15, -0.1) is 0 Å². The Labute approximate surface area is 133 Å². The summed E-state index contributed by atoms with van der Waals surface area (Å²) < 4.78 is 0. The standard InChI is InChI=1S/C18H18BrNO/c1-11-7-12(2)9-14(8-11)18(21)20-17-15-6-4-3-5-13(15)10-16(17)19/h3-9,16-17H,10H2,1-2H3,(H,20,21). The van der Waals surface area contributed by atoms with E-state index in [4.69, 9.17) is 0 Å². The van der Waals surface area contributed by atoms with Gasteiger partial charge in [0, 0.05) is 10.4 Å². The highest BCUT2D eigenvalue weighted by atomic mass is 79.9. The summed E-state index contributed by atoms with van der Waals surface area (Å²) >= 11 is 3.70. The fourth-order valence-corrected chi connectivity index (χ4v) is 3.81. The molecule has 1 amide bonds. The summed E-state index contributed by atoms with van der Waals surface area (Å²) in [5.74, 6) is -0.00652. The van der Waals surface area contributed by atoms with Gasteiger partial charge in [0.2, 0.25) is 0 Å². The number of halogens is 1. The lowest BCUT2D eigenvalue weighted by atomic mass is 10.1. The van der Waals surface area contributed by atoms with Crippen LogP contribution in [0.3, 0.4) is 0 Å². The number of rotatable bonds is 2. The molecule has 0 radical (unpaired) electrons. The Kier molecular flexibility index (Phi) is 3.85. The molecular weight excluding hydrogens is 326 g/mol. The van der Waals surface area contributed by atoms with Gasteiger partial charge in [-0.05, 0) is 43.5 Å². The van der Waals surface area contributed by atoms with E-state index in [0.717, 1.165) is 23.1 Å². The Morgan fingerprint density at radius 3 is 2.52 bits per heavy atom. The average Bonchev–Trinajstić information content (AvgIpc) is 2.74. The highest BCUT2D eigenvalue weighted by Crippen LogP contribution is 2.35. The molecule has 1 aliphatic carbocycles. The van der Waals surface area contributed by atoms with Crippen LogP contribution >= 0.6 is 15.9 Å². The SMILES string of the molecule is Cc1cc(C)cc(C(=O)NC2c3ccccc3CC2Br)c1. The van der Waals surface area contributed by atoms with Crippen molar-refractivity contribution in [3.63, 3.8) is 0 Å². The molecule has 0 saturated heterocycles. The van der Waals surface area contributed by atoms with Crippen molar-refractivity contribution in [2.24, 2.45) is 0 Å². The first-order valence-corrected chi connectivity index (χ1v) is 8.07. The maximum absolute atomic E-state index is 12.5. The minimum Gasteiger partial charge on any atom is -0.344 e. The smallest absolute Gasteiger partial charge is 0.251 e. The lowest BCUT2D eigenvalue weighted by Crippen LogP contribution is -2.31. The zero-order valence-corrected chi connectivity index (χ0v) is 13.8. The number of fused-ring (bicyclic) bond motifs is 1. The molecule has 0 fully saturated rings. The van der Waals surface area contributed by atoms with Crippen molar-refractivity contribution in [1.29, 1.82) is 0 Å². The van der Waals surface area contributed by atoms with Crippen molar-refractivity contribution >= 4 is 21.8 Å². The predicted molar refractivity (Wildman–Crippen MR) is 89.0 cm³/mol. The van der Waals surface area contributed by atoms with Gasteiger partial charge in [0.05, 0.1) is 6.04 Å². The molecule has 108 valence electrons. The molecule has 1 N–H and O–H groups in total. The molecule has 3 rings (SSSR count). The Morgan fingerprint density at radius 1 is 1.14 bits per heavy atom. The van der Waals surface area contributed by atoms with Crippen LogP contribution in [0.5, 0.6) is 0 Å². The van der Waals surface area contributed by atoms with Crippen LogP contribution < -0.4 is 5.32 Å². The van der Waals surface area contributed by atoms with Crippen molar-refractivity contribution in [3.05, 3.63) is 70.3 Å². The van der Waals surface area contributed by atoms with Gasteiger partial charge in [0.15, 0.2) is 0 Å². The molecule has 3 heteroatoms. The molecule has 0 aromatic heterocycles. The molecule has 2 nitrogen and oxygen atoms in total. The summed E-state index contributed by atoms with van der Waals surface area (Å²) in [4.78, 5) is 12.8. The van der Waals surface area contributed by atoms with Crippen molar-refractivity contribution in [2.45, 2.75) is 31.1 Å². The van der Waals surface area contributed by atoms with Gasteiger partial charge in [0.1, 0.15) is 0 Å². The van der Waals surface area contributed by atoms with E-state index < -0.39 is 0 Å². The van der Waals surface area contributed by atoms with Crippen LogP contribution in [0, 0.1) is 13.8 Å². The van der Waals surface area contributed by atoms with E-state index >= 15 is 0 Å². The van der Waals surface area contributed by atoms with Gasteiger partial charge in [-0.1, -0.05) is 57.4 Å². The summed E-state index contributed by atoms with van der Waals surface area (Å²) in [6.07, 6.45) is 0.952. The van der Waals surface area contributed by atoms with Crippen molar-refractivity contribution in [2.75, 3.05) is 0 Å². The van der Waals surface area contributed by atoms with Crippen LogP contribution in [0.25, 0.3) is 0 Å². The highest BCUT2D eigenvalue weighted by Gasteiger charge is 2.31. The lowest BCUT2D eigenvalue weighted by molar-refractivity contribution is 0.0938. The second-order valence-corrected chi connectivity index (χ2v) is 6.92. The Morgan fingerprint density at radius 2 is 1.81 bits per heavy atom. The van der Waals surface area contributed by atoms with Gasteiger partial charge in [0.25, 0.3) is 5.91 Å². The second-order valence-electron chi connectivity index (χ2n) is 5.75. The molecule has 2 aromatic carbocycles. The Bertz CT molecular complexity index is 675. The Hall–Kier alpha value is -1.61. The van der Waals surface area contributed by atoms with E-state index in [0.29, 0.717) is 0 Å². The number of aryl methyl sites for hydroxylation is 2. The third kappa shape index (κ3) is 2.88. The van der Waals surface area contributed by atoms with E-state index in [1.54, 1.807) is 0 Å². The molecule has 2 aromatic rings. The molecule has 0 saturated carbocycles. The van der Waals surface area contributed by atoms with Crippen LogP contribution in [0.4, 0.5) is 0 Å². The number of hydrogen-bond donors (Lipinski definition) is 1. The third-order valence-corrected chi connectivity index (χ3v) is 4.79. The molecule has 0 bridgehead atoms. The van der Waals surface area contributed by atoms with E-state index in [-0.39, 0.29) is 16.8 Å². The first-order chi connectivity index (χ1) is 10.0. The molecule has 1 aliphatic rings. The van der Waals surface area contributed by atoms with E-state index in [2.05, 4.69) is 39.4 Å². The number of nitrogens with one attached hydrogen (secondary N) is 1. The molecule has 0 spiro atoms. The summed E-state index contributed by atoms with van der Waals surface area (Å²) in [5, 5.41) is 3.17. The monoisotopic (exact) mass is 343 g/mol. The maximum atomic E-state index is 12.5. The number of hydrogen-bond acceptors (Lipinski definition) is 1. The van der Waals surface area contributed by atoms with Gasteiger partial charge < -0.3 is 5.32 Å². The molecular formula is C18H18BrNO. The summed E-state index contributed by atoms with van der Waals surface area (Å²) in [5.41, 5.74) is 5.49. The van der Waals surface area contributed by atoms with Crippen LogP contribution in [0.15, 0.2) is 42.5 Å². The van der Waals surface area contributed by atoms with E-state index in [9.17, 15) is 4.79 Å². The molecule has 0 aliphatic heterocycles. The van der Waals surface area contributed by atoms with Crippen LogP contribution in [-0.2, 0) is 6.42 Å². The average molecular weight is 344 g/mol. The minimum atomic E-state index is -0.00652. The summed E-state index contributed by atoms with van der Waals surface area (Å²) in [7, 11) is 0. The number of carbonyl (C=O) groups excluding carboxylic acids is 1. The summed E-state index contributed by atoms with van der Waals surface area (Å²) in [6.45, 7) is 4.03. The van der Waals surface area contributed by atoms with Crippen molar-refractivity contribution in [1.82, 2.24) is 5.32 Å². The van der Waals surface area contributed by atoms with E-state index in [1.807, 2.05) is 38.1 Å². The third-order valence-electron chi connectivity index (χ3n) is 3.94. The number of benzene rings is 2. The summed E-state index contributed by atoms with van der Waals surface area (Å²) in [6, 6.07) is 14.3. The molecule has 2 unspecified atom stereocenters. The topological polar surface area (TPSA) is 29.1 Å². The number of amides is 1. The van der Waals surface area contributed by atoms with Gasteiger partial charge >= 0.3 is 0 Å². The molecule has 0 heterocycles. The van der Waals surface area contributed by atoms with Crippen LogP contribution in [-0.4, -0.2) is 10.7 Å². The Balaban J connectivity index is 1.85. The van der Waals surface area contributed by atoms with Crippen LogP contribution in [0.1, 0.15) is 38.7 Å². The molecule has 2 atom stereocenters. The lowest BCUT2D eigenvalue weighted by Gasteiger charge is -2.18. The minimum absolute atomic E-state index is 0.00652. The van der Waals surface area contributed by atoms with Gasteiger partial charge in [-0.25, -0.2) is 0 Å². The fraction of sp³-hybridized carbons (Fsp3) is 0.278. The fourth-order valence-electron chi connectivity index (χ4n) is 3.04. The van der Waals surface area contributed by atoms with Crippen molar-refractivity contribution in [3.8, 4) is 0 Å². The number of carbonyl (C=O) groups is 1. The first-order valence-electron chi connectivity index (χ1n) is 7.15. The zero-order chi connectivity index (χ0) is 15.0. The van der Waals surface area contributed by atoms with Gasteiger partial charge in [-0.2, -0.15) is 0 Å². The van der Waals surface area contributed by atoms with Gasteiger partial charge in [-0.3, -0.25) is 4.79 Å². The molecule has 21 heavy (non-hydrogen) atoms. The second kappa shape index (κ2) is 5.64. The maximum Gasteiger partial charge on any atom is 0.251 e. The number of alkyl halides is 1. The van der Waals surface area contributed by atoms with E-state index in [1.165, 1.54) is 11.1 Å². The quantitative estimate of drug-likeness (QED) is 0.817. The normalized spacial score (nSPS) is 20.1. The largest absolute Gasteiger partial charge is 0.344 e. The first kappa shape index (κ1) is 14.3. The van der Waals surface area contributed by atoms with Crippen molar-refractivity contribution < 1.29 is 4.79 Å². The predicted octanol–water partition coefficient (Wildman–Crippen LogP) is 4.09. The highest BCUT2D eigenvalue weighted by molar-refractivity contribution is 9.09. The van der Waals surface area contributed by atoms with Crippen LogP contribution in [0.2, 0.25) is 0 Å². The zero-order valence-electron chi connectivity index (χ0n) is 12.2.